The fraction of sp³-hybridized carbons (Fsp3) is 0.214. The minimum absolute atomic E-state index is 0.144. The van der Waals surface area contributed by atoms with E-state index in [0.29, 0.717) is 10.8 Å². The molecular formula is C14H16N4O2S3. The van der Waals surface area contributed by atoms with Crippen molar-refractivity contribution in [2.24, 2.45) is 5.73 Å². The third-order valence-corrected chi connectivity index (χ3v) is 6.19. The smallest absolute Gasteiger partial charge is 0.187 e. The summed E-state index contributed by atoms with van der Waals surface area (Å²) in [6.45, 7) is 1.97. The van der Waals surface area contributed by atoms with E-state index in [1.54, 1.807) is 18.2 Å². The number of hydrogen-bond donors (Lipinski definition) is 3. The Morgan fingerprint density at radius 2 is 2.17 bits per heavy atom. The first kappa shape index (κ1) is 16.3. The van der Waals surface area contributed by atoms with Crippen LogP contribution in [-0.4, -0.2) is 25.2 Å². The van der Waals surface area contributed by atoms with E-state index in [4.69, 9.17) is 5.73 Å². The highest BCUT2D eigenvalue weighted by Gasteiger charge is 2.21. The normalized spacial score (nSPS) is 18.1. The number of benzene rings is 1. The molecule has 9 heteroatoms. The lowest BCUT2D eigenvalue weighted by molar-refractivity contribution is 0.602. The highest BCUT2D eigenvalue weighted by Crippen LogP contribution is 2.37. The zero-order valence-corrected chi connectivity index (χ0v) is 15.0. The molecule has 6 nitrogen and oxygen atoms in total. The van der Waals surface area contributed by atoms with Crippen LogP contribution in [0.15, 0.2) is 40.2 Å². The average molecular weight is 369 g/mol. The van der Waals surface area contributed by atoms with E-state index < -0.39 is 9.84 Å². The maximum Gasteiger partial charge on any atom is 0.187 e. The maximum atomic E-state index is 11.6. The molecule has 0 bridgehead atoms. The van der Waals surface area contributed by atoms with Crippen LogP contribution in [0.4, 0.5) is 10.8 Å². The van der Waals surface area contributed by atoms with E-state index in [1.807, 2.05) is 18.4 Å². The van der Waals surface area contributed by atoms with Crippen molar-refractivity contribution in [1.82, 2.24) is 10.3 Å². The van der Waals surface area contributed by atoms with Crippen molar-refractivity contribution in [3.63, 3.8) is 0 Å². The molecule has 0 saturated heterocycles. The number of thioether (sulfide) groups is 1. The fourth-order valence-electron chi connectivity index (χ4n) is 2.14. The number of aromatic nitrogens is 1. The van der Waals surface area contributed by atoms with Crippen molar-refractivity contribution in [3.05, 3.63) is 41.0 Å². The summed E-state index contributed by atoms with van der Waals surface area (Å²) in [6.07, 6.45) is 1.19. The van der Waals surface area contributed by atoms with Gasteiger partial charge in [0.25, 0.3) is 0 Å². The number of thiazole rings is 1. The van der Waals surface area contributed by atoms with Gasteiger partial charge in [-0.15, -0.1) is 11.3 Å². The van der Waals surface area contributed by atoms with Crippen LogP contribution in [0.25, 0.3) is 4.91 Å². The molecule has 2 heterocycles. The third-order valence-electron chi connectivity index (χ3n) is 3.19. The number of rotatable bonds is 4. The van der Waals surface area contributed by atoms with Crippen LogP contribution in [0.3, 0.4) is 0 Å². The van der Waals surface area contributed by atoms with Crippen molar-refractivity contribution < 1.29 is 8.42 Å². The van der Waals surface area contributed by atoms with Gasteiger partial charge in [0, 0.05) is 23.0 Å². The first-order valence-corrected chi connectivity index (χ1v) is 10.4. The summed E-state index contributed by atoms with van der Waals surface area (Å²) in [4.78, 5) is 5.86. The topological polar surface area (TPSA) is 97.1 Å². The highest BCUT2D eigenvalue weighted by molar-refractivity contribution is 8.09. The molecule has 3 rings (SSSR count). The Morgan fingerprint density at radius 1 is 1.39 bits per heavy atom. The van der Waals surface area contributed by atoms with Gasteiger partial charge < -0.3 is 16.4 Å². The van der Waals surface area contributed by atoms with Gasteiger partial charge in [-0.3, -0.25) is 0 Å². The molecule has 4 N–H and O–H groups in total. The van der Waals surface area contributed by atoms with Crippen molar-refractivity contribution in [3.8, 4) is 0 Å². The minimum atomic E-state index is -3.23. The van der Waals surface area contributed by atoms with E-state index in [2.05, 4.69) is 15.6 Å². The third kappa shape index (κ3) is 3.69. The quantitative estimate of drug-likeness (QED) is 0.763. The molecule has 0 aliphatic carbocycles. The van der Waals surface area contributed by atoms with Gasteiger partial charge in [0.2, 0.25) is 0 Å². The molecule has 1 aromatic carbocycles. The molecule has 0 radical (unpaired) electrons. The van der Waals surface area contributed by atoms with Crippen LogP contribution in [-0.2, 0) is 9.84 Å². The van der Waals surface area contributed by atoms with Crippen LogP contribution in [0, 0.1) is 0 Å². The largest absolute Gasteiger partial charge is 0.364 e. The molecule has 0 saturated carbocycles. The van der Waals surface area contributed by atoms with Gasteiger partial charge in [-0.25, -0.2) is 13.4 Å². The molecule has 0 amide bonds. The van der Waals surface area contributed by atoms with Gasteiger partial charge in [0.15, 0.2) is 15.0 Å². The first-order valence-electron chi connectivity index (χ1n) is 6.75. The molecule has 2 aromatic rings. The van der Waals surface area contributed by atoms with Gasteiger partial charge in [-0.05, 0) is 25.1 Å². The van der Waals surface area contributed by atoms with Crippen molar-refractivity contribution in [2.45, 2.75) is 17.3 Å². The number of allylic oxidation sites excluding steroid dienone is 1. The average Bonchev–Trinajstić information content (AvgIpc) is 3.04. The van der Waals surface area contributed by atoms with Crippen molar-refractivity contribution in [2.75, 3.05) is 11.6 Å². The predicted octanol–water partition coefficient (Wildman–Crippen LogP) is 2.56. The van der Waals surface area contributed by atoms with E-state index in [9.17, 15) is 8.42 Å². The summed E-state index contributed by atoms with van der Waals surface area (Å²) in [5.74, 6) is 0. The van der Waals surface area contributed by atoms with Crippen LogP contribution >= 0.6 is 23.1 Å². The Bertz CT molecular complexity index is 874. The summed E-state index contributed by atoms with van der Waals surface area (Å²) in [5, 5.41) is 8.95. The molecule has 0 fully saturated rings. The zero-order chi connectivity index (χ0) is 16.6. The Morgan fingerprint density at radius 3 is 2.83 bits per heavy atom. The molecule has 1 aromatic heterocycles. The Hall–Kier alpha value is -1.55. The van der Waals surface area contributed by atoms with Crippen molar-refractivity contribution >= 4 is 48.7 Å². The second-order valence-electron chi connectivity index (χ2n) is 5.10. The van der Waals surface area contributed by atoms with Crippen LogP contribution < -0.4 is 16.4 Å². The SMILES string of the molecule is CC1=C(c2csc(Nc3cccc(S(C)(=O)=O)c3)n2)SC(N)N1. The van der Waals surface area contributed by atoms with Crippen LogP contribution in [0.5, 0.6) is 0 Å². The minimum Gasteiger partial charge on any atom is -0.364 e. The van der Waals surface area contributed by atoms with Gasteiger partial charge in [-0.1, -0.05) is 17.8 Å². The molecule has 1 atom stereocenters. The van der Waals surface area contributed by atoms with E-state index >= 15 is 0 Å². The lowest BCUT2D eigenvalue weighted by Crippen LogP contribution is -2.28. The zero-order valence-electron chi connectivity index (χ0n) is 12.5. The number of nitrogens with two attached hydrogens (primary N) is 1. The van der Waals surface area contributed by atoms with Crippen LogP contribution in [0.2, 0.25) is 0 Å². The van der Waals surface area contributed by atoms with E-state index in [0.717, 1.165) is 16.3 Å². The molecule has 122 valence electrons. The van der Waals surface area contributed by atoms with Gasteiger partial charge >= 0.3 is 0 Å². The standard InChI is InChI=1S/C14H16N4O2S3/c1-8-12(22-13(15)16-8)11-7-21-14(18-11)17-9-4-3-5-10(6-9)23(2,19)20/h3-7,13,16H,15H2,1-2H3,(H,17,18). The number of sulfone groups is 1. The first-order chi connectivity index (χ1) is 10.8. The Kier molecular flexibility index (Phi) is 4.37. The van der Waals surface area contributed by atoms with E-state index in [-0.39, 0.29) is 10.4 Å². The van der Waals surface area contributed by atoms with Crippen LogP contribution in [0.1, 0.15) is 12.6 Å². The highest BCUT2D eigenvalue weighted by atomic mass is 32.2. The van der Waals surface area contributed by atoms with Gasteiger partial charge in [-0.2, -0.15) is 0 Å². The number of hydrogen-bond acceptors (Lipinski definition) is 8. The molecule has 1 aliphatic rings. The number of nitrogens with one attached hydrogen (secondary N) is 2. The Labute approximate surface area is 143 Å². The lowest BCUT2D eigenvalue weighted by Gasteiger charge is -2.04. The molecular weight excluding hydrogens is 352 g/mol. The summed E-state index contributed by atoms with van der Waals surface area (Å²) in [6, 6.07) is 6.69. The molecule has 1 aliphatic heterocycles. The fourth-order valence-corrected chi connectivity index (χ4v) is 4.55. The maximum absolute atomic E-state index is 11.6. The lowest BCUT2D eigenvalue weighted by atomic mass is 10.3. The summed E-state index contributed by atoms with van der Waals surface area (Å²) in [7, 11) is -3.23. The van der Waals surface area contributed by atoms with Gasteiger partial charge in [0.05, 0.1) is 15.5 Å². The number of nitrogens with zero attached hydrogens (tertiary/aromatic N) is 1. The summed E-state index contributed by atoms with van der Waals surface area (Å²) < 4.78 is 23.2. The Balaban J connectivity index is 1.82. The second-order valence-corrected chi connectivity index (χ2v) is 9.13. The monoisotopic (exact) mass is 368 g/mol. The van der Waals surface area contributed by atoms with Gasteiger partial charge in [0.1, 0.15) is 5.50 Å². The van der Waals surface area contributed by atoms with E-state index in [1.165, 1.54) is 29.4 Å². The molecule has 0 spiro atoms. The second kappa shape index (κ2) is 6.16. The summed E-state index contributed by atoms with van der Waals surface area (Å²) in [5.41, 5.74) is 8.27. The molecule has 23 heavy (non-hydrogen) atoms. The summed E-state index contributed by atoms with van der Waals surface area (Å²) >= 11 is 3.00. The molecule has 1 unspecified atom stereocenters. The predicted molar refractivity (Wildman–Crippen MR) is 96.2 cm³/mol. The van der Waals surface area contributed by atoms with Crippen molar-refractivity contribution in [1.29, 1.82) is 0 Å². The number of anilines is 2.